The average molecular weight is 493 g/mol. The molecular formula is C28H32N2O6. The van der Waals surface area contributed by atoms with Gasteiger partial charge >= 0.3 is 5.97 Å². The van der Waals surface area contributed by atoms with Crippen molar-refractivity contribution in [3.63, 3.8) is 0 Å². The van der Waals surface area contributed by atoms with E-state index in [2.05, 4.69) is 6.58 Å². The van der Waals surface area contributed by atoms with Crippen molar-refractivity contribution in [1.29, 1.82) is 0 Å². The molecule has 8 heteroatoms. The Balaban J connectivity index is 1.63. The molecule has 2 N–H and O–H groups in total. The topological polar surface area (TPSA) is 107 Å². The van der Waals surface area contributed by atoms with Gasteiger partial charge in [-0.25, -0.2) is 0 Å². The van der Waals surface area contributed by atoms with Gasteiger partial charge in [0.2, 0.25) is 5.91 Å². The van der Waals surface area contributed by atoms with Crippen molar-refractivity contribution >= 4 is 34.2 Å². The van der Waals surface area contributed by atoms with Crippen LogP contribution >= 0.6 is 0 Å². The summed E-state index contributed by atoms with van der Waals surface area (Å²) >= 11 is 0. The lowest BCUT2D eigenvalue weighted by atomic mass is 9.65. The highest BCUT2D eigenvalue weighted by atomic mass is 16.5. The van der Waals surface area contributed by atoms with E-state index in [0.717, 1.165) is 10.8 Å². The number of carbonyl (C=O) groups is 3. The Kier molecular flexibility index (Phi) is 5.92. The number of benzene rings is 2. The summed E-state index contributed by atoms with van der Waals surface area (Å²) in [5, 5.41) is 22.2. The first-order valence-electron chi connectivity index (χ1n) is 12.5. The van der Waals surface area contributed by atoms with Gasteiger partial charge in [0.25, 0.3) is 5.91 Å². The van der Waals surface area contributed by atoms with Crippen LogP contribution in [0.2, 0.25) is 0 Å². The van der Waals surface area contributed by atoms with E-state index in [1.165, 1.54) is 4.90 Å². The quantitative estimate of drug-likeness (QED) is 0.549. The number of aliphatic hydroxyl groups is 1. The highest BCUT2D eigenvalue weighted by Gasteiger charge is 2.79. The number of anilines is 1. The van der Waals surface area contributed by atoms with Crippen LogP contribution in [0.1, 0.15) is 33.1 Å². The lowest BCUT2D eigenvalue weighted by Gasteiger charge is -2.38. The summed E-state index contributed by atoms with van der Waals surface area (Å²) in [5.41, 5.74) is -1.59. The Morgan fingerprint density at radius 1 is 1.25 bits per heavy atom. The number of hydrogen-bond donors (Lipinski definition) is 2. The molecule has 0 radical (unpaired) electrons. The molecule has 2 bridgehead atoms. The lowest BCUT2D eigenvalue weighted by molar-refractivity contribution is -0.157. The molecule has 2 aromatic carbocycles. The van der Waals surface area contributed by atoms with Crippen molar-refractivity contribution in [1.82, 2.24) is 4.90 Å². The molecule has 2 amide bonds. The first-order chi connectivity index (χ1) is 17.2. The number of amides is 2. The molecule has 0 saturated carbocycles. The van der Waals surface area contributed by atoms with Crippen molar-refractivity contribution in [2.24, 2.45) is 11.8 Å². The minimum absolute atomic E-state index is 0.200. The second-order valence-corrected chi connectivity index (χ2v) is 10.2. The van der Waals surface area contributed by atoms with Gasteiger partial charge in [0.15, 0.2) is 0 Å². The van der Waals surface area contributed by atoms with Gasteiger partial charge in [-0.05, 0) is 49.1 Å². The predicted octanol–water partition coefficient (Wildman–Crippen LogP) is 2.98. The number of aliphatic carboxylic acids is 1. The maximum Gasteiger partial charge on any atom is 0.310 e. The summed E-state index contributed by atoms with van der Waals surface area (Å²) < 4.78 is 6.56. The molecule has 3 aliphatic heterocycles. The Morgan fingerprint density at radius 2 is 1.97 bits per heavy atom. The van der Waals surface area contributed by atoms with Crippen LogP contribution in [0.3, 0.4) is 0 Å². The Hall–Kier alpha value is -3.23. The van der Waals surface area contributed by atoms with Gasteiger partial charge in [-0.3, -0.25) is 14.4 Å². The van der Waals surface area contributed by atoms with E-state index >= 15 is 0 Å². The highest BCUT2D eigenvalue weighted by Crippen LogP contribution is 2.64. The van der Waals surface area contributed by atoms with E-state index in [-0.39, 0.29) is 19.1 Å². The smallest absolute Gasteiger partial charge is 0.310 e. The molecule has 0 aliphatic carbocycles. The van der Waals surface area contributed by atoms with Gasteiger partial charge in [-0.2, -0.15) is 0 Å². The number of nitrogens with zero attached hydrogens (tertiary/aromatic N) is 2. The fourth-order valence-electron chi connectivity index (χ4n) is 6.82. The van der Waals surface area contributed by atoms with Crippen LogP contribution in [-0.2, 0) is 19.1 Å². The molecule has 6 atom stereocenters. The van der Waals surface area contributed by atoms with Crippen LogP contribution in [0.15, 0.2) is 55.1 Å². The van der Waals surface area contributed by atoms with Crippen LogP contribution in [0.4, 0.5) is 5.69 Å². The third-order valence-corrected chi connectivity index (χ3v) is 8.48. The number of carbonyl (C=O) groups excluding carboxylic acids is 2. The van der Waals surface area contributed by atoms with Gasteiger partial charge in [0.1, 0.15) is 17.6 Å². The van der Waals surface area contributed by atoms with E-state index in [0.29, 0.717) is 24.9 Å². The monoisotopic (exact) mass is 492 g/mol. The fraction of sp³-hybridized carbons (Fsp3) is 0.464. The van der Waals surface area contributed by atoms with Crippen LogP contribution in [0, 0.1) is 11.8 Å². The molecule has 2 unspecified atom stereocenters. The Morgan fingerprint density at radius 3 is 2.61 bits per heavy atom. The maximum atomic E-state index is 14.4. The van der Waals surface area contributed by atoms with Crippen LogP contribution in [0.5, 0.6) is 0 Å². The van der Waals surface area contributed by atoms with Crippen LogP contribution in [-0.4, -0.2) is 69.3 Å². The molecule has 8 nitrogen and oxygen atoms in total. The normalized spacial score (nSPS) is 31.5. The second kappa shape index (κ2) is 8.71. The molecular weight excluding hydrogens is 460 g/mol. The summed E-state index contributed by atoms with van der Waals surface area (Å²) in [4.78, 5) is 43.6. The molecule has 3 aliphatic rings. The van der Waals surface area contributed by atoms with Crippen molar-refractivity contribution in [2.45, 2.75) is 56.4 Å². The van der Waals surface area contributed by atoms with Crippen molar-refractivity contribution in [3.8, 4) is 0 Å². The molecule has 36 heavy (non-hydrogen) atoms. The van der Waals surface area contributed by atoms with Crippen LogP contribution in [0.25, 0.3) is 10.8 Å². The fourth-order valence-corrected chi connectivity index (χ4v) is 6.82. The molecule has 190 valence electrons. The number of carboxylic acids is 1. The first-order valence-corrected chi connectivity index (χ1v) is 12.5. The first kappa shape index (κ1) is 24.5. The average Bonchev–Trinajstić information content (AvgIpc) is 3.49. The number of rotatable bonds is 8. The number of hydrogen-bond acceptors (Lipinski definition) is 5. The number of aliphatic hydroxyl groups excluding tert-OH is 1. The van der Waals surface area contributed by atoms with Crippen molar-refractivity contribution < 1.29 is 29.3 Å². The minimum Gasteiger partial charge on any atom is -0.481 e. The Labute approximate surface area is 210 Å². The largest absolute Gasteiger partial charge is 0.481 e. The third-order valence-electron chi connectivity index (χ3n) is 8.48. The standard InChI is InChI=1S/C28H32N2O6/c1-4-14-29(20-11-10-18-8-6-7-9-19(18)15-20)25(33)23-28-13-12-27(5-2,36-28)22(26(34)35)21(28)24(32)30(23)17(3)16-31/h4,6-11,15,17,21-23,31H,1,5,12-14,16H2,2-3H3,(H,34,35)/t17-,21+,22-,23?,27+,28?/m1/s1. The summed E-state index contributed by atoms with van der Waals surface area (Å²) in [6.07, 6.45) is 2.94. The number of ether oxygens (including phenoxy) is 1. The summed E-state index contributed by atoms with van der Waals surface area (Å²) in [5.74, 6) is -3.90. The highest BCUT2D eigenvalue weighted by molar-refractivity contribution is 6.05. The van der Waals surface area contributed by atoms with E-state index in [9.17, 15) is 24.6 Å². The Bertz CT molecular complexity index is 1250. The summed E-state index contributed by atoms with van der Waals surface area (Å²) in [6.45, 7) is 7.21. The number of carboxylic acid groups (broad SMARTS) is 1. The predicted molar refractivity (Wildman–Crippen MR) is 134 cm³/mol. The van der Waals surface area contributed by atoms with Gasteiger partial charge in [0.05, 0.1) is 24.2 Å². The van der Waals surface area contributed by atoms with E-state index in [4.69, 9.17) is 4.74 Å². The summed E-state index contributed by atoms with van der Waals surface area (Å²) in [6, 6.07) is 11.8. The third kappa shape index (κ3) is 3.24. The van der Waals surface area contributed by atoms with Gasteiger partial charge in [0, 0.05) is 12.2 Å². The minimum atomic E-state index is -1.26. The van der Waals surface area contributed by atoms with E-state index in [1.54, 1.807) is 17.9 Å². The molecule has 3 fully saturated rings. The number of likely N-dealkylation sites (tertiary alicyclic amines) is 1. The zero-order valence-corrected chi connectivity index (χ0v) is 20.6. The van der Waals surface area contributed by atoms with Gasteiger partial charge < -0.3 is 24.7 Å². The van der Waals surface area contributed by atoms with E-state index in [1.807, 2.05) is 49.4 Å². The molecule has 5 rings (SSSR count). The zero-order valence-electron chi connectivity index (χ0n) is 20.6. The lowest BCUT2D eigenvalue weighted by Crippen LogP contribution is -2.58. The molecule has 3 heterocycles. The van der Waals surface area contributed by atoms with Gasteiger partial charge in [-0.15, -0.1) is 6.58 Å². The van der Waals surface area contributed by atoms with Crippen molar-refractivity contribution in [3.05, 3.63) is 55.1 Å². The second-order valence-electron chi connectivity index (χ2n) is 10.2. The van der Waals surface area contributed by atoms with Crippen molar-refractivity contribution in [2.75, 3.05) is 18.1 Å². The molecule has 1 spiro atoms. The summed E-state index contributed by atoms with van der Waals surface area (Å²) in [7, 11) is 0. The molecule has 3 saturated heterocycles. The maximum absolute atomic E-state index is 14.4. The molecule has 0 aromatic heterocycles. The molecule has 2 aromatic rings. The zero-order chi connectivity index (χ0) is 25.8. The van der Waals surface area contributed by atoms with Gasteiger partial charge in [-0.1, -0.05) is 43.3 Å². The number of fused-ring (bicyclic) bond motifs is 2. The van der Waals surface area contributed by atoms with E-state index < -0.39 is 47.0 Å². The SMILES string of the molecule is C=CCN(C(=O)C1N([C@H](C)CO)C(=O)[C@@H]2[C@H](C(=O)O)[C@]3(CC)CCC12O3)c1ccc2ccccc2c1. The van der Waals surface area contributed by atoms with Crippen LogP contribution < -0.4 is 4.90 Å².